The quantitative estimate of drug-likeness (QED) is 0.664. The second-order valence-electron chi connectivity index (χ2n) is 10.0. The summed E-state index contributed by atoms with van der Waals surface area (Å²) in [7, 11) is 2.32. The van der Waals surface area contributed by atoms with Gasteiger partial charge in [0.1, 0.15) is 0 Å². The van der Waals surface area contributed by atoms with Crippen LogP contribution in [-0.4, -0.2) is 43.0 Å². The lowest BCUT2D eigenvalue weighted by Crippen LogP contribution is -2.39. The molecule has 3 nitrogen and oxygen atoms in total. The Labute approximate surface area is 155 Å². The van der Waals surface area contributed by atoms with Gasteiger partial charge >= 0.3 is 0 Å². The molecule has 0 bridgehead atoms. The molecule has 3 aliphatic rings. The van der Waals surface area contributed by atoms with Crippen LogP contribution in [0.2, 0.25) is 0 Å². The fourth-order valence-corrected chi connectivity index (χ4v) is 5.22. The van der Waals surface area contributed by atoms with Crippen LogP contribution in [0.4, 0.5) is 0 Å². The SMILES string of the molecule is CN(CCCC1COC2(CCC(C(C)(C)C)CC2)O1)C1CCCCC1. The minimum atomic E-state index is -0.234. The highest BCUT2D eigenvalue weighted by Gasteiger charge is 2.45. The average Bonchev–Trinajstić information content (AvgIpc) is 2.97. The Hall–Kier alpha value is -0.120. The van der Waals surface area contributed by atoms with Crippen LogP contribution in [0.5, 0.6) is 0 Å². The summed E-state index contributed by atoms with van der Waals surface area (Å²) in [6.07, 6.45) is 14.5. The molecule has 0 N–H and O–H groups in total. The zero-order valence-electron chi connectivity index (χ0n) is 17.2. The second kappa shape index (κ2) is 8.27. The lowest BCUT2D eigenvalue weighted by atomic mass is 9.71. The highest BCUT2D eigenvalue weighted by atomic mass is 16.7. The van der Waals surface area contributed by atoms with Crippen LogP contribution in [0.3, 0.4) is 0 Å². The first-order chi connectivity index (χ1) is 11.9. The number of nitrogens with zero attached hydrogens (tertiary/aromatic N) is 1. The van der Waals surface area contributed by atoms with Gasteiger partial charge in [-0.3, -0.25) is 0 Å². The number of hydrogen-bond donors (Lipinski definition) is 0. The monoisotopic (exact) mass is 351 g/mol. The largest absolute Gasteiger partial charge is 0.347 e. The fraction of sp³-hybridized carbons (Fsp3) is 1.00. The molecule has 3 heteroatoms. The van der Waals surface area contributed by atoms with E-state index < -0.39 is 0 Å². The lowest BCUT2D eigenvalue weighted by molar-refractivity contribution is -0.197. The molecule has 1 aliphatic heterocycles. The summed E-state index contributed by atoms with van der Waals surface area (Å²) >= 11 is 0. The average molecular weight is 352 g/mol. The first-order valence-corrected chi connectivity index (χ1v) is 10.9. The molecule has 0 aromatic carbocycles. The van der Waals surface area contributed by atoms with Crippen molar-refractivity contribution in [3.63, 3.8) is 0 Å². The van der Waals surface area contributed by atoms with Crippen molar-refractivity contribution in [3.8, 4) is 0 Å². The van der Waals surface area contributed by atoms with E-state index in [1.54, 1.807) is 0 Å². The van der Waals surface area contributed by atoms with Gasteiger partial charge in [0, 0.05) is 18.9 Å². The summed E-state index contributed by atoms with van der Waals surface area (Å²) in [6, 6.07) is 0.827. The normalized spacial score (nSPS) is 34.9. The smallest absolute Gasteiger partial charge is 0.168 e. The van der Waals surface area contributed by atoms with Gasteiger partial charge in [-0.25, -0.2) is 0 Å². The lowest BCUT2D eigenvalue weighted by Gasteiger charge is -2.41. The van der Waals surface area contributed by atoms with E-state index in [9.17, 15) is 0 Å². The maximum atomic E-state index is 6.44. The van der Waals surface area contributed by atoms with Crippen molar-refractivity contribution in [2.24, 2.45) is 11.3 Å². The summed E-state index contributed by atoms with van der Waals surface area (Å²) < 4.78 is 12.6. The number of hydrogen-bond acceptors (Lipinski definition) is 3. The van der Waals surface area contributed by atoms with Gasteiger partial charge in [-0.15, -0.1) is 0 Å². The molecule has 3 rings (SSSR count). The first-order valence-electron chi connectivity index (χ1n) is 10.9. The van der Waals surface area contributed by atoms with Crippen molar-refractivity contribution < 1.29 is 9.47 Å². The van der Waals surface area contributed by atoms with E-state index in [1.807, 2.05) is 0 Å². The van der Waals surface area contributed by atoms with Crippen molar-refractivity contribution >= 4 is 0 Å². The Morgan fingerprint density at radius 3 is 2.32 bits per heavy atom. The predicted octanol–water partition coefficient (Wildman–Crippen LogP) is 5.38. The Kier molecular flexibility index (Phi) is 6.50. The van der Waals surface area contributed by atoms with Crippen molar-refractivity contribution in [2.75, 3.05) is 20.2 Å². The molecule has 3 fully saturated rings. The molecule has 0 amide bonds. The molecule has 1 spiro atoms. The van der Waals surface area contributed by atoms with Crippen molar-refractivity contribution in [2.45, 2.75) is 109 Å². The minimum absolute atomic E-state index is 0.234. The Morgan fingerprint density at radius 2 is 1.68 bits per heavy atom. The Morgan fingerprint density at radius 1 is 1.00 bits per heavy atom. The molecule has 2 saturated carbocycles. The summed E-state index contributed by atoms with van der Waals surface area (Å²) in [5, 5.41) is 0. The molecule has 0 radical (unpaired) electrons. The van der Waals surface area contributed by atoms with Gasteiger partial charge in [0.2, 0.25) is 0 Å². The zero-order chi connectivity index (χ0) is 17.9. The van der Waals surface area contributed by atoms with Crippen LogP contribution in [0.15, 0.2) is 0 Å². The van der Waals surface area contributed by atoms with E-state index in [2.05, 4.69) is 32.7 Å². The second-order valence-corrected chi connectivity index (χ2v) is 10.0. The summed E-state index contributed by atoms with van der Waals surface area (Å²) in [5.74, 6) is 0.579. The fourth-order valence-electron chi connectivity index (χ4n) is 5.22. The van der Waals surface area contributed by atoms with E-state index in [4.69, 9.17) is 9.47 Å². The first kappa shape index (κ1) is 19.6. The number of ether oxygens (including phenoxy) is 2. The standard InChI is InChI=1S/C22H41NO2/c1-21(2,3)18-12-14-22(15-13-18)24-17-20(25-22)11-8-16-23(4)19-9-6-5-7-10-19/h18-20H,5-17H2,1-4H3. The maximum absolute atomic E-state index is 6.44. The molecule has 1 atom stereocenters. The molecular formula is C22H41NO2. The van der Waals surface area contributed by atoms with Crippen molar-refractivity contribution in [3.05, 3.63) is 0 Å². The van der Waals surface area contributed by atoms with E-state index in [0.29, 0.717) is 11.5 Å². The molecule has 2 aliphatic carbocycles. The zero-order valence-corrected chi connectivity index (χ0v) is 17.2. The van der Waals surface area contributed by atoms with Gasteiger partial charge in [-0.2, -0.15) is 0 Å². The molecule has 25 heavy (non-hydrogen) atoms. The van der Waals surface area contributed by atoms with Crippen molar-refractivity contribution in [1.82, 2.24) is 4.90 Å². The maximum Gasteiger partial charge on any atom is 0.168 e. The van der Waals surface area contributed by atoms with E-state index >= 15 is 0 Å². The van der Waals surface area contributed by atoms with Gasteiger partial charge < -0.3 is 14.4 Å². The molecule has 1 saturated heterocycles. The van der Waals surface area contributed by atoms with Gasteiger partial charge in [0.15, 0.2) is 5.79 Å². The predicted molar refractivity (Wildman–Crippen MR) is 104 cm³/mol. The summed E-state index contributed by atoms with van der Waals surface area (Å²) in [5.41, 5.74) is 0.420. The minimum Gasteiger partial charge on any atom is -0.347 e. The highest BCUT2D eigenvalue weighted by molar-refractivity contribution is 4.88. The molecule has 146 valence electrons. The van der Waals surface area contributed by atoms with Crippen LogP contribution in [0.25, 0.3) is 0 Å². The Bertz CT molecular complexity index is 403. The highest BCUT2D eigenvalue weighted by Crippen LogP contribution is 2.45. The topological polar surface area (TPSA) is 21.7 Å². The third-order valence-electron chi connectivity index (χ3n) is 7.12. The van der Waals surface area contributed by atoms with Crippen molar-refractivity contribution in [1.29, 1.82) is 0 Å². The number of rotatable bonds is 5. The third kappa shape index (κ3) is 5.20. The summed E-state index contributed by atoms with van der Waals surface area (Å²) in [6.45, 7) is 9.14. The molecule has 0 aromatic heterocycles. The van der Waals surface area contributed by atoms with Gasteiger partial charge in [0.25, 0.3) is 0 Å². The molecule has 1 heterocycles. The van der Waals surface area contributed by atoms with Gasteiger partial charge in [-0.1, -0.05) is 40.0 Å². The van der Waals surface area contributed by atoms with Crippen LogP contribution in [0.1, 0.15) is 91.4 Å². The summed E-state index contributed by atoms with van der Waals surface area (Å²) in [4.78, 5) is 2.60. The molecule has 0 aromatic rings. The van der Waals surface area contributed by atoms with Crippen LogP contribution in [0, 0.1) is 11.3 Å². The third-order valence-corrected chi connectivity index (χ3v) is 7.12. The Balaban J connectivity index is 1.36. The molecular weight excluding hydrogens is 310 g/mol. The van der Waals surface area contributed by atoms with Gasteiger partial charge in [-0.05, 0) is 63.5 Å². The molecule has 1 unspecified atom stereocenters. The van der Waals surface area contributed by atoms with E-state index in [1.165, 1.54) is 57.9 Å². The van der Waals surface area contributed by atoms with E-state index in [0.717, 1.165) is 37.8 Å². The van der Waals surface area contributed by atoms with Crippen LogP contribution in [-0.2, 0) is 9.47 Å². The van der Waals surface area contributed by atoms with Gasteiger partial charge in [0.05, 0.1) is 12.7 Å². The van der Waals surface area contributed by atoms with E-state index in [-0.39, 0.29) is 5.79 Å². The van der Waals surface area contributed by atoms with Crippen LogP contribution >= 0.6 is 0 Å². The van der Waals surface area contributed by atoms with Crippen LogP contribution < -0.4 is 0 Å².